The number of nitrogens with zero attached hydrogens (tertiary/aromatic N) is 2. The molecule has 4 nitrogen and oxygen atoms in total. The van der Waals surface area contributed by atoms with E-state index < -0.39 is 0 Å². The maximum Gasteiger partial charge on any atom is 0.238 e. The molecule has 1 aliphatic heterocycles. The van der Waals surface area contributed by atoms with E-state index >= 15 is 0 Å². The molecular weight excluding hydrogens is 322 g/mol. The number of benzene rings is 2. The van der Waals surface area contributed by atoms with Crippen LogP contribution in [0.15, 0.2) is 54.6 Å². The molecule has 0 aromatic heterocycles. The van der Waals surface area contributed by atoms with E-state index in [-0.39, 0.29) is 5.91 Å². The molecule has 0 spiro atoms. The lowest BCUT2D eigenvalue weighted by Crippen LogP contribution is -2.36. The Labute approximate surface area is 156 Å². The summed E-state index contributed by atoms with van der Waals surface area (Å²) < 4.78 is 0. The number of hydrogen-bond donors (Lipinski definition) is 1. The van der Waals surface area contributed by atoms with Crippen LogP contribution >= 0.6 is 0 Å². The van der Waals surface area contributed by atoms with Crippen LogP contribution in [0.5, 0.6) is 0 Å². The average Bonchev–Trinajstić information content (AvgIpc) is 2.88. The van der Waals surface area contributed by atoms with Gasteiger partial charge >= 0.3 is 0 Å². The van der Waals surface area contributed by atoms with Crippen molar-refractivity contribution in [3.63, 3.8) is 0 Å². The van der Waals surface area contributed by atoms with Crippen molar-refractivity contribution in [3.8, 4) is 0 Å². The van der Waals surface area contributed by atoms with Gasteiger partial charge in [-0.3, -0.25) is 14.6 Å². The molecule has 1 fully saturated rings. The molecule has 1 amide bonds. The van der Waals surface area contributed by atoms with Crippen LogP contribution in [0.3, 0.4) is 0 Å². The van der Waals surface area contributed by atoms with Gasteiger partial charge in [-0.25, -0.2) is 0 Å². The SMILES string of the molecule is CCc1ccc(NC(=O)CN2CCCN(Cc3ccccc3)CC2)cc1. The van der Waals surface area contributed by atoms with Crippen LogP contribution in [0.25, 0.3) is 0 Å². The zero-order chi connectivity index (χ0) is 18.2. The monoisotopic (exact) mass is 351 g/mol. The summed E-state index contributed by atoms with van der Waals surface area (Å²) in [6.45, 7) is 7.61. The van der Waals surface area contributed by atoms with E-state index in [0.29, 0.717) is 6.54 Å². The van der Waals surface area contributed by atoms with E-state index in [1.807, 2.05) is 12.1 Å². The number of aryl methyl sites for hydroxylation is 1. The van der Waals surface area contributed by atoms with Gasteiger partial charge in [0.25, 0.3) is 0 Å². The molecule has 138 valence electrons. The highest BCUT2D eigenvalue weighted by molar-refractivity contribution is 5.92. The highest BCUT2D eigenvalue weighted by atomic mass is 16.2. The Bertz CT molecular complexity index is 684. The Morgan fingerprint density at radius 1 is 0.885 bits per heavy atom. The highest BCUT2D eigenvalue weighted by Gasteiger charge is 2.17. The standard InChI is InChI=1S/C22H29N3O/c1-2-19-9-11-21(12-10-19)23-22(26)18-25-14-6-13-24(15-16-25)17-20-7-4-3-5-8-20/h3-5,7-12H,2,6,13-18H2,1H3,(H,23,26). The van der Waals surface area contributed by atoms with Crippen LogP contribution in [-0.2, 0) is 17.8 Å². The van der Waals surface area contributed by atoms with Gasteiger partial charge in [-0.1, -0.05) is 49.4 Å². The van der Waals surface area contributed by atoms with Crippen LogP contribution in [0.4, 0.5) is 5.69 Å². The predicted octanol–water partition coefficient (Wildman–Crippen LogP) is 3.40. The fourth-order valence-electron chi connectivity index (χ4n) is 3.41. The van der Waals surface area contributed by atoms with Crippen LogP contribution < -0.4 is 5.32 Å². The number of hydrogen-bond acceptors (Lipinski definition) is 3. The molecule has 0 bridgehead atoms. The quantitative estimate of drug-likeness (QED) is 0.866. The normalized spacial score (nSPS) is 16.2. The van der Waals surface area contributed by atoms with Crippen molar-refractivity contribution >= 4 is 11.6 Å². The molecule has 0 unspecified atom stereocenters. The number of carbonyl (C=O) groups is 1. The lowest BCUT2D eigenvalue weighted by molar-refractivity contribution is -0.117. The molecule has 3 rings (SSSR count). The zero-order valence-corrected chi connectivity index (χ0v) is 15.7. The van der Waals surface area contributed by atoms with Crippen molar-refractivity contribution in [2.45, 2.75) is 26.3 Å². The number of nitrogens with one attached hydrogen (secondary N) is 1. The smallest absolute Gasteiger partial charge is 0.238 e. The molecule has 0 atom stereocenters. The van der Waals surface area contributed by atoms with E-state index in [1.54, 1.807) is 0 Å². The molecule has 1 N–H and O–H groups in total. The first-order valence-corrected chi connectivity index (χ1v) is 9.60. The fraction of sp³-hybridized carbons (Fsp3) is 0.409. The van der Waals surface area contributed by atoms with E-state index in [0.717, 1.165) is 51.3 Å². The molecule has 2 aromatic carbocycles. The van der Waals surface area contributed by atoms with Crippen LogP contribution in [-0.4, -0.2) is 48.4 Å². The summed E-state index contributed by atoms with van der Waals surface area (Å²) in [5.74, 6) is 0.0748. The van der Waals surface area contributed by atoms with Crippen LogP contribution in [0.2, 0.25) is 0 Å². The summed E-state index contributed by atoms with van der Waals surface area (Å²) in [6.07, 6.45) is 2.12. The molecule has 2 aromatic rings. The number of carbonyl (C=O) groups excluding carboxylic acids is 1. The lowest BCUT2D eigenvalue weighted by Gasteiger charge is -2.21. The molecule has 1 saturated heterocycles. The van der Waals surface area contributed by atoms with E-state index in [1.165, 1.54) is 11.1 Å². The zero-order valence-electron chi connectivity index (χ0n) is 15.7. The van der Waals surface area contributed by atoms with Crippen LogP contribution in [0, 0.1) is 0 Å². The van der Waals surface area contributed by atoms with Crippen molar-refractivity contribution < 1.29 is 4.79 Å². The highest BCUT2D eigenvalue weighted by Crippen LogP contribution is 2.11. The predicted molar refractivity (Wildman–Crippen MR) is 107 cm³/mol. The summed E-state index contributed by atoms with van der Waals surface area (Å²) in [4.78, 5) is 17.1. The van der Waals surface area contributed by atoms with Gasteiger partial charge in [0.1, 0.15) is 0 Å². The van der Waals surface area contributed by atoms with Crippen molar-refractivity contribution in [3.05, 3.63) is 65.7 Å². The lowest BCUT2D eigenvalue weighted by atomic mass is 10.1. The van der Waals surface area contributed by atoms with Crippen molar-refractivity contribution in [2.24, 2.45) is 0 Å². The van der Waals surface area contributed by atoms with Gasteiger partial charge < -0.3 is 5.32 Å². The second-order valence-corrected chi connectivity index (χ2v) is 6.99. The number of rotatable bonds is 6. The third kappa shape index (κ3) is 5.68. The molecule has 26 heavy (non-hydrogen) atoms. The molecule has 0 aliphatic carbocycles. The molecular formula is C22H29N3O. The summed E-state index contributed by atoms with van der Waals surface area (Å²) in [5, 5.41) is 3.02. The molecule has 0 radical (unpaired) electrons. The van der Waals surface area contributed by atoms with Crippen molar-refractivity contribution in [1.29, 1.82) is 0 Å². The maximum absolute atomic E-state index is 12.4. The first kappa shape index (κ1) is 18.6. The van der Waals surface area contributed by atoms with E-state index in [4.69, 9.17) is 0 Å². The maximum atomic E-state index is 12.4. The summed E-state index contributed by atoms with van der Waals surface area (Å²) in [5.41, 5.74) is 3.52. The van der Waals surface area contributed by atoms with Crippen molar-refractivity contribution in [1.82, 2.24) is 9.80 Å². The first-order chi connectivity index (χ1) is 12.7. The second kappa shape index (κ2) is 9.51. The Kier molecular flexibility index (Phi) is 6.81. The summed E-state index contributed by atoms with van der Waals surface area (Å²) >= 11 is 0. The number of anilines is 1. The van der Waals surface area contributed by atoms with Gasteiger partial charge in [0, 0.05) is 25.3 Å². The Morgan fingerprint density at radius 2 is 1.58 bits per heavy atom. The molecule has 4 heteroatoms. The Balaban J connectivity index is 1.45. The largest absolute Gasteiger partial charge is 0.325 e. The van der Waals surface area contributed by atoms with Gasteiger partial charge in [0.2, 0.25) is 5.91 Å². The summed E-state index contributed by atoms with van der Waals surface area (Å²) in [7, 11) is 0. The van der Waals surface area contributed by atoms with Gasteiger partial charge in [0.15, 0.2) is 0 Å². The van der Waals surface area contributed by atoms with Crippen molar-refractivity contribution in [2.75, 3.05) is 38.0 Å². The third-order valence-electron chi connectivity index (χ3n) is 4.94. The second-order valence-electron chi connectivity index (χ2n) is 6.99. The van der Waals surface area contributed by atoms with Gasteiger partial charge in [-0.15, -0.1) is 0 Å². The topological polar surface area (TPSA) is 35.6 Å². The summed E-state index contributed by atoms with van der Waals surface area (Å²) in [6, 6.07) is 18.7. The van der Waals surface area contributed by atoms with E-state index in [2.05, 4.69) is 64.5 Å². The average molecular weight is 351 g/mol. The molecule has 0 saturated carbocycles. The minimum atomic E-state index is 0.0748. The molecule has 1 aliphatic rings. The Hall–Kier alpha value is -2.17. The van der Waals surface area contributed by atoms with Gasteiger partial charge in [0.05, 0.1) is 6.54 Å². The van der Waals surface area contributed by atoms with Crippen LogP contribution in [0.1, 0.15) is 24.5 Å². The Morgan fingerprint density at radius 3 is 2.31 bits per heavy atom. The van der Waals surface area contributed by atoms with Gasteiger partial charge in [-0.05, 0) is 49.2 Å². The number of amides is 1. The molecule has 1 heterocycles. The van der Waals surface area contributed by atoms with Gasteiger partial charge in [-0.2, -0.15) is 0 Å². The first-order valence-electron chi connectivity index (χ1n) is 9.60. The minimum absolute atomic E-state index is 0.0748. The third-order valence-corrected chi connectivity index (χ3v) is 4.94. The minimum Gasteiger partial charge on any atom is -0.325 e. The fourth-order valence-corrected chi connectivity index (χ4v) is 3.41. The van der Waals surface area contributed by atoms with E-state index in [9.17, 15) is 4.79 Å².